The average molecular weight is 233 g/mol. The van der Waals surface area contributed by atoms with Crippen molar-refractivity contribution >= 4 is 17.3 Å². The van der Waals surface area contributed by atoms with Gasteiger partial charge in [0.1, 0.15) is 5.82 Å². The number of carbonyl (C=O) groups excluding carboxylic acids is 1. The first kappa shape index (κ1) is 9.72. The molecule has 4 nitrogen and oxygen atoms in total. The molecule has 0 spiro atoms. The Balaban J connectivity index is 2.12. The van der Waals surface area contributed by atoms with Gasteiger partial charge in [-0.05, 0) is 25.8 Å². The maximum absolute atomic E-state index is 11.7. The van der Waals surface area contributed by atoms with Gasteiger partial charge in [-0.1, -0.05) is 0 Å². The standard InChI is InChI=1S/C11H11N3OS/c1-7-12-11(16-13-7)14-6-5-8-9(14)3-2-4-10(8)15/h5-6H,2-4H2,1H3. The third-order valence-electron chi connectivity index (χ3n) is 2.83. The van der Waals surface area contributed by atoms with E-state index in [2.05, 4.69) is 9.36 Å². The van der Waals surface area contributed by atoms with Gasteiger partial charge in [0, 0.05) is 35.4 Å². The second-order valence-electron chi connectivity index (χ2n) is 3.95. The quantitative estimate of drug-likeness (QED) is 0.758. The Labute approximate surface area is 97.1 Å². The first-order chi connectivity index (χ1) is 7.75. The minimum absolute atomic E-state index is 0.251. The monoisotopic (exact) mass is 233 g/mol. The summed E-state index contributed by atoms with van der Waals surface area (Å²) in [5, 5.41) is 0.855. The number of hydrogen-bond donors (Lipinski definition) is 0. The van der Waals surface area contributed by atoms with E-state index >= 15 is 0 Å². The van der Waals surface area contributed by atoms with E-state index < -0.39 is 0 Å². The predicted molar refractivity (Wildman–Crippen MR) is 61.2 cm³/mol. The average Bonchev–Trinajstić information content (AvgIpc) is 2.84. The van der Waals surface area contributed by atoms with Crippen LogP contribution in [0.5, 0.6) is 0 Å². The van der Waals surface area contributed by atoms with Crippen molar-refractivity contribution in [1.29, 1.82) is 0 Å². The summed E-state index contributed by atoms with van der Waals surface area (Å²) in [5.74, 6) is 1.03. The van der Waals surface area contributed by atoms with E-state index in [9.17, 15) is 4.79 Å². The summed E-state index contributed by atoms with van der Waals surface area (Å²) in [6.07, 6.45) is 4.49. The Kier molecular flexibility index (Phi) is 2.14. The van der Waals surface area contributed by atoms with E-state index in [1.807, 2.05) is 23.8 Å². The molecule has 0 bridgehead atoms. The van der Waals surface area contributed by atoms with Gasteiger partial charge in [-0.15, -0.1) is 0 Å². The minimum atomic E-state index is 0.251. The van der Waals surface area contributed by atoms with Crippen molar-refractivity contribution in [2.45, 2.75) is 26.2 Å². The third kappa shape index (κ3) is 1.39. The van der Waals surface area contributed by atoms with Gasteiger partial charge in [0.05, 0.1) is 0 Å². The van der Waals surface area contributed by atoms with Crippen molar-refractivity contribution in [3.8, 4) is 5.13 Å². The zero-order chi connectivity index (χ0) is 11.1. The van der Waals surface area contributed by atoms with E-state index in [1.165, 1.54) is 11.5 Å². The lowest BCUT2D eigenvalue weighted by Crippen LogP contribution is -2.12. The minimum Gasteiger partial charge on any atom is -0.295 e. The Morgan fingerprint density at radius 3 is 3.06 bits per heavy atom. The van der Waals surface area contributed by atoms with E-state index in [4.69, 9.17) is 0 Å². The number of fused-ring (bicyclic) bond motifs is 1. The van der Waals surface area contributed by atoms with Crippen molar-refractivity contribution in [3.05, 3.63) is 29.3 Å². The maximum Gasteiger partial charge on any atom is 0.213 e. The second kappa shape index (κ2) is 3.52. The molecule has 2 aromatic rings. The van der Waals surface area contributed by atoms with Crippen LogP contribution in [0.25, 0.3) is 5.13 Å². The number of ketones is 1. The van der Waals surface area contributed by atoms with E-state index in [1.54, 1.807) is 0 Å². The van der Waals surface area contributed by atoms with Gasteiger partial charge in [-0.25, -0.2) is 4.98 Å². The van der Waals surface area contributed by atoms with Crippen molar-refractivity contribution in [2.24, 2.45) is 0 Å². The highest BCUT2D eigenvalue weighted by atomic mass is 32.1. The number of aryl methyl sites for hydroxylation is 1. The van der Waals surface area contributed by atoms with Gasteiger partial charge in [0.2, 0.25) is 5.13 Å². The molecule has 0 aliphatic heterocycles. The zero-order valence-electron chi connectivity index (χ0n) is 8.93. The fourth-order valence-electron chi connectivity index (χ4n) is 2.09. The molecular weight excluding hydrogens is 222 g/mol. The van der Waals surface area contributed by atoms with Crippen LogP contribution in [0.15, 0.2) is 12.3 Å². The van der Waals surface area contributed by atoms with Crippen LogP contribution in [0.2, 0.25) is 0 Å². The summed E-state index contributed by atoms with van der Waals surface area (Å²) >= 11 is 1.37. The molecule has 3 rings (SSSR count). The zero-order valence-corrected chi connectivity index (χ0v) is 9.75. The summed E-state index contributed by atoms with van der Waals surface area (Å²) in [6, 6.07) is 1.90. The Morgan fingerprint density at radius 1 is 1.44 bits per heavy atom. The van der Waals surface area contributed by atoms with Crippen molar-refractivity contribution in [2.75, 3.05) is 0 Å². The molecule has 1 aliphatic rings. The molecule has 0 atom stereocenters. The topological polar surface area (TPSA) is 47.8 Å². The lowest BCUT2D eigenvalue weighted by atomic mass is 9.97. The van der Waals surface area contributed by atoms with Gasteiger partial charge < -0.3 is 0 Å². The Hall–Kier alpha value is -1.49. The Bertz CT molecular complexity index is 555. The van der Waals surface area contributed by atoms with Gasteiger partial charge in [0.15, 0.2) is 5.78 Å². The molecule has 16 heavy (non-hydrogen) atoms. The summed E-state index contributed by atoms with van der Waals surface area (Å²) < 4.78 is 6.16. The van der Waals surface area contributed by atoms with Crippen LogP contribution in [0.3, 0.4) is 0 Å². The molecule has 0 saturated heterocycles. The predicted octanol–water partition coefficient (Wildman–Crippen LogP) is 2.16. The third-order valence-corrected chi connectivity index (χ3v) is 3.64. The molecule has 0 N–H and O–H groups in total. The van der Waals surface area contributed by atoms with Crippen LogP contribution in [-0.2, 0) is 6.42 Å². The molecular formula is C11H11N3OS. The van der Waals surface area contributed by atoms with Crippen LogP contribution in [0, 0.1) is 6.92 Å². The normalized spacial score (nSPS) is 15.2. The molecule has 2 aromatic heterocycles. The van der Waals surface area contributed by atoms with Gasteiger partial charge >= 0.3 is 0 Å². The molecule has 0 aromatic carbocycles. The van der Waals surface area contributed by atoms with Crippen LogP contribution in [-0.4, -0.2) is 19.7 Å². The van der Waals surface area contributed by atoms with E-state index in [-0.39, 0.29) is 5.78 Å². The van der Waals surface area contributed by atoms with Crippen molar-refractivity contribution in [1.82, 2.24) is 13.9 Å². The lowest BCUT2D eigenvalue weighted by Gasteiger charge is -2.12. The van der Waals surface area contributed by atoms with Crippen molar-refractivity contribution in [3.63, 3.8) is 0 Å². The largest absolute Gasteiger partial charge is 0.295 e. The smallest absolute Gasteiger partial charge is 0.213 e. The van der Waals surface area contributed by atoms with Crippen LogP contribution in [0.1, 0.15) is 34.7 Å². The number of nitrogens with zero attached hydrogens (tertiary/aromatic N) is 3. The molecule has 0 amide bonds. The first-order valence-electron chi connectivity index (χ1n) is 5.30. The maximum atomic E-state index is 11.7. The van der Waals surface area contributed by atoms with E-state index in [0.29, 0.717) is 6.42 Å². The highest BCUT2D eigenvalue weighted by molar-refractivity contribution is 7.08. The fraction of sp³-hybridized carbons (Fsp3) is 0.364. The first-order valence-corrected chi connectivity index (χ1v) is 6.07. The molecule has 0 fully saturated rings. The molecule has 0 radical (unpaired) electrons. The molecule has 0 unspecified atom stereocenters. The van der Waals surface area contributed by atoms with Crippen LogP contribution >= 0.6 is 11.5 Å². The number of aromatic nitrogens is 3. The number of Topliss-reactive ketones (excluding diaryl/α,β-unsaturated/α-hetero) is 1. The molecule has 82 valence electrons. The van der Waals surface area contributed by atoms with Gasteiger partial charge in [-0.3, -0.25) is 9.36 Å². The fourth-order valence-corrected chi connectivity index (χ4v) is 2.77. The lowest BCUT2D eigenvalue weighted by molar-refractivity contribution is 0.0972. The molecule has 5 heteroatoms. The molecule has 2 heterocycles. The number of rotatable bonds is 1. The van der Waals surface area contributed by atoms with Gasteiger partial charge in [-0.2, -0.15) is 4.37 Å². The SMILES string of the molecule is Cc1nsc(-n2ccc3c2CCCC3=O)n1. The van der Waals surface area contributed by atoms with Crippen LogP contribution in [0.4, 0.5) is 0 Å². The summed E-state index contributed by atoms with van der Waals surface area (Å²) in [4.78, 5) is 16.0. The number of carbonyl (C=O) groups is 1. The highest BCUT2D eigenvalue weighted by Gasteiger charge is 2.21. The summed E-state index contributed by atoms with van der Waals surface area (Å²) in [5.41, 5.74) is 1.95. The van der Waals surface area contributed by atoms with Gasteiger partial charge in [0.25, 0.3) is 0 Å². The van der Waals surface area contributed by atoms with Crippen LogP contribution < -0.4 is 0 Å². The highest BCUT2D eigenvalue weighted by Crippen LogP contribution is 2.25. The summed E-state index contributed by atoms with van der Waals surface area (Å²) in [6.45, 7) is 1.88. The van der Waals surface area contributed by atoms with Crippen molar-refractivity contribution < 1.29 is 4.79 Å². The molecule has 0 saturated carbocycles. The van der Waals surface area contributed by atoms with E-state index in [0.717, 1.165) is 35.1 Å². The number of hydrogen-bond acceptors (Lipinski definition) is 4. The Morgan fingerprint density at radius 2 is 2.31 bits per heavy atom. The second-order valence-corrected chi connectivity index (χ2v) is 4.68. The summed E-state index contributed by atoms with van der Waals surface area (Å²) in [7, 11) is 0. The molecule has 1 aliphatic carbocycles.